The van der Waals surface area contributed by atoms with Gasteiger partial charge in [-0.1, -0.05) is 107 Å². The van der Waals surface area contributed by atoms with Gasteiger partial charge in [-0.15, -0.1) is 0 Å². The molecule has 0 spiro atoms. The van der Waals surface area contributed by atoms with Crippen LogP contribution in [0.5, 0.6) is 0 Å². The van der Waals surface area contributed by atoms with Crippen LogP contribution in [0.15, 0.2) is 66.7 Å². The lowest BCUT2D eigenvalue weighted by Gasteiger charge is -1.94. The van der Waals surface area contributed by atoms with Crippen molar-refractivity contribution in [3.63, 3.8) is 0 Å². The zero-order valence-corrected chi connectivity index (χ0v) is 21.6. The van der Waals surface area contributed by atoms with Gasteiger partial charge in [0.05, 0.1) is 13.0 Å². The van der Waals surface area contributed by atoms with Gasteiger partial charge in [-0.3, -0.25) is 14.9 Å². The molecule has 3 rings (SSSR count). The van der Waals surface area contributed by atoms with Crippen molar-refractivity contribution in [3.8, 4) is 0 Å². The molecule has 1 aliphatic rings. The molecule has 1 aliphatic heterocycles. The summed E-state index contributed by atoms with van der Waals surface area (Å²) in [5.41, 5.74) is 1.32. The second-order valence-corrected chi connectivity index (χ2v) is 7.48. The molecule has 9 heteroatoms. The molecule has 1 saturated heterocycles. The number of amides is 1. The summed E-state index contributed by atoms with van der Waals surface area (Å²) in [4.78, 5) is 19.1. The van der Waals surface area contributed by atoms with Crippen LogP contribution in [0.2, 0.25) is 0 Å². The van der Waals surface area contributed by atoms with Gasteiger partial charge in [-0.25, -0.2) is 0 Å². The Morgan fingerprint density at radius 2 is 1.47 bits per heavy atom. The molecule has 1 unspecified atom stereocenters. The molecule has 0 aromatic heterocycles. The summed E-state index contributed by atoms with van der Waals surface area (Å²) in [6.45, 7) is 13.9. The maximum Gasteiger partial charge on any atom is 0.472 e. The summed E-state index contributed by atoms with van der Waals surface area (Å²) in [5, 5.41) is 31.0. The SMILES string of the molecule is CC.CC(C)C.Cc1ccccc1.O=CNCB(O)O.O=[N+]([O-])C1CCNC1.c1ccccc1. The van der Waals surface area contributed by atoms with Crippen molar-refractivity contribution in [3.05, 3.63) is 82.4 Å². The average Bonchev–Trinajstić information content (AvgIpc) is 3.37. The van der Waals surface area contributed by atoms with Crippen molar-refractivity contribution in [2.75, 3.05) is 19.5 Å². The van der Waals surface area contributed by atoms with Crippen LogP contribution in [-0.4, -0.2) is 54.1 Å². The predicted octanol–water partition coefficient (Wildman–Crippen LogP) is 3.74. The van der Waals surface area contributed by atoms with Crippen LogP contribution >= 0.6 is 0 Å². The van der Waals surface area contributed by atoms with Crippen LogP contribution in [0, 0.1) is 23.0 Å². The van der Waals surface area contributed by atoms with Crippen LogP contribution in [0.25, 0.3) is 0 Å². The molecule has 8 nitrogen and oxygen atoms in total. The van der Waals surface area contributed by atoms with Gasteiger partial charge < -0.3 is 20.7 Å². The summed E-state index contributed by atoms with van der Waals surface area (Å²) in [5.74, 6) is 0.833. The van der Waals surface area contributed by atoms with Gasteiger partial charge in [-0.05, 0) is 12.8 Å². The van der Waals surface area contributed by atoms with Crippen LogP contribution < -0.4 is 10.6 Å². The number of nitrogens with zero attached hydrogens (tertiary/aromatic N) is 1. The molecule has 192 valence electrons. The van der Waals surface area contributed by atoms with E-state index < -0.39 is 7.12 Å². The lowest BCUT2D eigenvalue weighted by Crippen LogP contribution is -2.29. The average molecular weight is 477 g/mol. The number of aryl methyl sites for hydroxylation is 1. The number of hydrogen-bond donors (Lipinski definition) is 4. The number of carbonyl (C=O) groups excluding carboxylic acids is 1. The van der Waals surface area contributed by atoms with E-state index in [1.807, 2.05) is 68.4 Å². The van der Waals surface area contributed by atoms with Crippen LogP contribution in [0.3, 0.4) is 0 Å². The third kappa shape index (κ3) is 33.9. The van der Waals surface area contributed by atoms with E-state index >= 15 is 0 Å². The summed E-state index contributed by atoms with van der Waals surface area (Å²) in [6, 6.07) is 21.9. The number of rotatable bonds is 4. The van der Waals surface area contributed by atoms with E-state index in [4.69, 9.17) is 10.0 Å². The molecule has 2 aromatic carbocycles. The third-order valence-electron chi connectivity index (χ3n) is 3.32. The number of benzene rings is 2. The molecule has 1 atom stereocenters. The lowest BCUT2D eigenvalue weighted by molar-refractivity contribution is -0.517. The van der Waals surface area contributed by atoms with Gasteiger partial charge in [0.2, 0.25) is 12.5 Å². The molecule has 1 fully saturated rings. The molecule has 0 radical (unpaired) electrons. The zero-order chi connectivity index (χ0) is 26.6. The fourth-order valence-electron chi connectivity index (χ4n) is 1.89. The first-order chi connectivity index (χ1) is 16.2. The number of nitrogens with one attached hydrogen (secondary N) is 2. The second-order valence-electron chi connectivity index (χ2n) is 7.48. The highest BCUT2D eigenvalue weighted by Crippen LogP contribution is 1.99. The minimum Gasteiger partial charge on any atom is -0.426 e. The topological polar surface area (TPSA) is 125 Å². The largest absolute Gasteiger partial charge is 0.472 e. The van der Waals surface area contributed by atoms with Crippen molar-refractivity contribution < 1.29 is 19.8 Å². The fourth-order valence-corrected chi connectivity index (χ4v) is 1.89. The fraction of sp³-hybridized carbons (Fsp3) is 0.480. The van der Waals surface area contributed by atoms with Crippen LogP contribution in [0.1, 0.15) is 46.6 Å². The first-order valence-corrected chi connectivity index (χ1v) is 11.6. The van der Waals surface area contributed by atoms with E-state index in [0.29, 0.717) is 19.4 Å². The molecule has 1 amide bonds. The molecular formula is C25H44BN3O5. The molecule has 34 heavy (non-hydrogen) atoms. The van der Waals surface area contributed by atoms with Gasteiger partial charge in [0, 0.05) is 17.9 Å². The van der Waals surface area contributed by atoms with Gasteiger partial charge >= 0.3 is 7.12 Å². The van der Waals surface area contributed by atoms with E-state index in [1.165, 1.54) is 5.56 Å². The minimum atomic E-state index is -1.44. The highest BCUT2D eigenvalue weighted by Gasteiger charge is 2.23. The minimum absolute atomic E-state index is 0.108. The van der Waals surface area contributed by atoms with Crippen LogP contribution in [-0.2, 0) is 4.79 Å². The van der Waals surface area contributed by atoms with Crippen molar-refractivity contribution in [1.82, 2.24) is 10.6 Å². The number of hydrogen-bond acceptors (Lipinski definition) is 6. The Kier molecular flexibility index (Phi) is 29.8. The quantitative estimate of drug-likeness (QED) is 0.230. The first-order valence-electron chi connectivity index (χ1n) is 11.6. The Morgan fingerprint density at radius 3 is 1.65 bits per heavy atom. The molecule has 1 heterocycles. The van der Waals surface area contributed by atoms with Gasteiger partial charge in [0.15, 0.2) is 0 Å². The molecule has 0 bridgehead atoms. The predicted molar refractivity (Wildman–Crippen MR) is 142 cm³/mol. The summed E-state index contributed by atoms with van der Waals surface area (Å²) in [7, 11) is -1.44. The number of nitro groups is 1. The second kappa shape index (κ2) is 28.3. The van der Waals surface area contributed by atoms with Crippen LogP contribution in [0.4, 0.5) is 0 Å². The number of carbonyl (C=O) groups is 1. The molecule has 0 saturated carbocycles. The van der Waals surface area contributed by atoms with Gasteiger partial charge in [-0.2, -0.15) is 0 Å². The molecule has 0 aliphatic carbocycles. The van der Waals surface area contributed by atoms with Crippen molar-refractivity contribution in [1.29, 1.82) is 0 Å². The summed E-state index contributed by atoms with van der Waals surface area (Å²) >= 11 is 0. The monoisotopic (exact) mass is 477 g/mol. The van der Waals surface area contributed by atoms with E-state index in [0.717, 1.165) is 12.5 Å². The van der Waals surface area contributed by atoms with Gasteiger partial charge in [0.1, 0.15) is 0 Å². The van der Waals surface area contributed by atoms with E-state index in [-0.39, 0.29) is 17.4 Å². The van der Waals surface area contributed by atoms with Crippen molar-refractivity contribution >= 4 is 13.5 Å². The Hall–Kier alpha value is -2.75. The Labute approximate surface area is 206 Å². The normalized spacial score (nSPS) is 12.7. The van der Waals surface area contributed by atoms with E-state index in [1.54, 1.807) is 0 Å². The van der Waals surface area contributed by atoms with E-state index in [2.05, 4.69) is 50.5 Å². The zero-order valence-electron chi connectivity index (χ0n) is 21.6. The standard InChI is InChI=1S/C7H8.C6H6.C4H8N2O2.C4H10.C2H6BNO3.C2H6/c1-7-5-3-2-4-6-7;1-2-4-6-5-3-1;7-6(8)4-1-2-5-3-4;1-4(2)3;5-2-4-1-3(6)7;1-2/h2-6H,1H3;1-6H;4-5H,1-3H2;4H,1-3H3;2,6-7H,1H2,(H,4,5);1-2H3. The lowest BCUT2D eigenvalue weighted by atomic mass is 9.93. The van der Waals surface area contributed by atoms with Gasteiger partial charge in [0.25, 0.3) is 0 Å². The third-order valence-corrected chi connectivity index (χ3v) is 3.32. The highest BCUT2D eigenvalue weighted by atomic mass is 16.6. The molecule has 2 aromatic rings. The van der Waals surface area contributed by atoms with E-state index in [9.17, 15) is 14.9 Å². The molecule has 4 N–H and O–H groups in total. The smallest absolute Gasteiger partial charge is 0.426 e. The Bertz CT molecular complexity index is 627. The summed E-state index contributed by atoms with van der Waals surface area (Å²) in [6.07, 6.45) is 0.982. The highest BCUT2D eigenvalue weighted by molar-refractivity contribution is 6.41. The molecular weight excluding hydrogens is 433 g/mol. The Balaban J connectivity index is -0.000000352. The van der Waals surface area contributed by atoms with Crippen molar-refractivity contribution in [2.24, 2.45) is 5.92 Å². The summed E-state index contributed by atoms with van der Waals surface area (Å²) < 4.78 is 0. The van der Waals surface area contributed by atoms with Crippen molar-refractivity contribution in [2.45, 2.75) is 54.0 Å². The first kappa shape index (κ1) is 35.8. The Morgan fingerprint density at radius 1 is 1.06 bits per heavy atom. The maximum atomic E-state index is 9.97. The maximum absolute atomic E-state index is 9.97.